The number of anilines is 1. The zero-order valence-electron chi connectivity index (χ0n) is 16.6. The number of nitrogens with zero attached hydrogens (tertiary/aromatic N) is 5. The van der Waals surface area contributed by atoms with E-state index in [4.69, 9.17) is 11.6 Å². The van der Waals surface area contributed by atoms with Gasteiger partial charge in [0.15, 0.2) is 11.0 Å². The molecule has 0 bridgehead atoms. The average molecular weight is 491 g/mol. The van der Waals surface area contributed by atoms with Gasteiger partial charge in [-0.15, -0.1) is 10.2 Å². The van der Waals surface area contributed by atoms with Crippen LogP contribution in [0, 0.1) is 0 Å². The highest BCUT2D eigenvalue weighted by Gasteiger charge is 2.31. The minimum absolute atomic E-state index is 0.00117. The molecule has 2 aromatic carbocycles. The molecule has 33 heavy (non-hydrogen) atoms. The molecule has 0 aliphatic rings. The summed E-state index contributed by atoms with van der Waals surface area (Å²) < 4.78 is 40.6. The van der Waals surface area contributed by atoms with Crippen molar-refractivity contribution < 1.29 is 18.0 Å². The van der Waals surface area contributed by atoms with Gasteiger partial charge >= 0.3 is 6.18 Å². The van der Waals surface area contributed by atoms with Gasteiger partial charge < -0.3 is 5.32 Å². The molecular weight excluding hydrogens is 477 g/mol. The number of hydrogen-bond donors (Lipinski definition) is 1. The molecule has 2 aromatic heterocycles. The van der Waals surface area contributed by atoms with Crippen molar-refractivity contribution in [3.8, 4) is 17.2 Å². The normalized spacial score (nSPS) is 11.4. The highest BCUT2D eigenvalue weighted by Crippen LogP contribution is 2.34. The van der Waals surface area contributed by atoms with Gasteiger partial charge in [0.25, 0.3) is 0 Å². The standard InChI is InChI=1S/C21H14ClF3N6OS/c22-15-7-6-13(21(23,24)25)10-16(15)28-18(32)12-33-20-30-29-19(17-11-26-8-9-27-17)31(20)14-4-2-1-3-5-14/h1-11H,12H2,(H,28,32). The Kier molecular flexibility index (Phi) is 6.61. The molecule has 4 aromatic rings. The Balaban J connectivity index is 1.56. The highest BCUT2D eigenvalue weighted by molar-refractivity contribution is 7.99. The summed E-state index contributed by atoms with van der Waals surface area (Å²) in [5.74, 6) is -0.263. The summed E-state index contributed by atoms with van der Waals surface area (Å²) in [6, 6.07) is 12.0. The quantitative estimate of drug-likeness (QED) is 0.377. The van der Waals surface area contributed by atoms with Gasteiger partial charge in [0.05, 0.1) is 28.2 Å². The van der Waals surface area contributed by atoms with Crippen molar-refractivity contribution in [2.75, 3.05) is 11.1 Å². The zero-order chi connectivity index (χ0) is 23.4. The second-order valence-corrected chi connectivity index (χ2v) is 7.95. The summed E-state index contributed by atoms with van der Waals surface area (Å²) in [7, 11) is 0. The number of halogens is 4. The van der Waals surface area contributed by atoms with E-state index in [0.29, 0.717) is 16.7 Å². The minimum atomic E-state index is -4.55. The lowest BCUT2D eigenvalue weighted by Crippen LogP contribution is -2.16. The predicted molar refractivity (Wildman–Crippen MR) is 118 cm³/mol. The van der Waals surface area contributed by atoms with Crippen LogP contribution in [0.25, 0.3) is 17.2 Å². The van der Waals surface area contributed by atoms with Crippen LogP contribution in [-0.4, -0.2) is 36.4 Å². The van der Waals surface area contributed by atoms with Crippen molar-refractivity contribution >= 4 is 35.0 Å². The number of rotatable bonds is 6. The summed E-state index contributed by atoms with van der Waals surface area (Å²) in [5, 5.41) is 11.2. The SMILES string of the molecule is O=C(CSc1nnc(-c2cnccn2)n1-c1ccccc1)Nc1cc(C(F)(F)F)ccc1Cl. The molecule has 7 nitrogen and oxygen atoms in total. The second-order valence-electron chi connectivity index (χ2n) is 6.60. The van der Waals surface area contributed by atoms with Crippen molar-refractivity contribution in [1.82, 2.24) is 24.7 Å². The summed E-state index contributed by atoms with van der Waals surface area (Å²) in [6.45, 7) is 0. The van der Waals surface area contributed by atoms with E-state index in [0.717, 1.165) is 35.6 Å². The van der Waals surface area contributed by atoms with Gasteiger partial charge in [0, 0.05) is 18.1 Å². The molecular formula is C21H14ClF3N6OS. The third kappa shape index (κ3) is 5.32. The van der Waals surface area contributed by atoms with Gasteiger partial charge in [0.1, 0.15) is 5.69 Å². The van der Waals surface area contributed by atoms with E-state index in [2.05, 4.69) is 25.5 Å². The van der Waals surface area contributed by atoms with E-state index < -0.39 is 17.6 Å². The Morgan fingerprint density at radius 2 is 1.88 bits per heavy atom. The molecule has 1 N–H and O–H groups in total. The molecule has 0 spiro atoms. The Morgan fingerprint density at radius 3 is 2.58 bits per heavy atom. The van der Waals surface area contributed by atoms with Crippen LogP contribution in [0.5, 0.6) is 0 Å². The molecule has 0 aliphatic carbocycles. The summed E-state index contributed by atoms with van der Waals surface area (Å²) in [5.41, 5.74) is 0.196. The van der Waals surface area contributed by atoms with Crippen LogP contribution in [0.15, 0.2) is 72.3 Å². The van der Waals surface area contributed by atoms with Crippen LogP contribution >= 0.6 is 23.4 Å². The third-order valence-corrected chi connectivity index (χ3v) is 5.60. The van der Waals surface area contributed by atoms with E-state index >= 15 is 0 Å². The van der Waals surface area contributed by atoms with Gasteiger partial charge in [-0.2, -0.15) is 13.2 Å². The van der Waals surface area contributed by atoms with Gasteiger partial charge in [-0.1, -0.05) is 41.6 Å². The number of aromatic nitrogens is 5. The number of carbonyl (C=O) groups is 1. The number of nitrogens with one attached hydrogen (secondary N) is 1. The van der Waals surface area contributed by atoms with E-state index in [-0.39, 0.29) is 16.5 Å². The topological polar surface area (TPSA) is 85.6 Å². The van der Waals surface area contributed by atoms with E-state index in [9.17, 15) is 18.0 Å². The Bertz CT molecular complexity index is 1270. The summed E-state index contributed by atoms with van der Waals surface area (Å²) in [6.07, 6.45) is 0.0476. The molecule has 168 valence electrons. The lowest BCUT2D eigenvalue weighted by Gasteiger charge is -2.12. The van der Waals surface area contributed by atoms with Crippen LogP contribution in [0.4, 0.5) is 18.9 Å². The first-order valence-electron chi connectivity index (χ1n) is 9.39. The van der Waals surface area contributed by atoms with Gasteiger partial charge in [-0.3, -0.25) is 14.3 Å². The number of para-hydroxylation sites is 1. The number of amides is 1. The number of alkyl halides is 3. The molecule has 0 radical (unpaired) electrons. The van der Waals surface area contributed by atoms with Crippen molar-refractivity contribution in [2.45, 2.75) is 11.3 Å². The summed E-state index contributed by atoms with van der Waals surface area (Å²) >= 11 is 7.02. The smallest absolute Gasteiger partial charge is 0.324 e. The van der Waals surface area contributed by atoms with E-state index in [1.165, 1.54) is 12.4 Å². The zero-order valence-corrected chi connectivity index (χ0v) is 18.2. The first kappa shape index (κ1) is 22.7. The largest absolute Gasteiger partial charge is 0.416 e. The van der Waals surface area contributed by atoms with Gasteiger partial charge in [-0.25, -0.2) is 4.98 Å². The van der Waals surface area contributed by atoms with Crippen LogP contribution in [-0.2, 0) is 11.0 Å². The van der Waals surface area contributed by atoms with Crippen molar-refractivity contribution in [3.63, 3.8) is 0 Å². The van der Waals surface area contributed by atoms with Crippen molar-refractivity contribution in [1.29, 1.82) is 0 Å². The molecule has 0 aliphatic heterocycles. The van der Waals surface area contributed by atoms with Crippen LogP contribution in [0.2, 0.25) is 5.02 Å². The average Bonchev–Trinajstić information content (AvgIpc) is 3.23. The second kappa shape index (κ2) is 9.59. The van der Waals surface area contributed by atoms with Gasteiger partial charge in [0.2, 0.25) is 5.91 Å². The molecule has 2 heterocycles. The first-order valence-corrected chi connectivity index (χ1v) is 10.8. The van der Waals surface area contributed by atoms with Crippen molar-refractivity contribution in [2.24, 2.45) is 0 Å². The number of hydrogen-bond acceptors (Lipinski definition) is 6. The van der Waals surface area contributed by atoms with E-state index in [1.54, 1.807) is 10.8 Å². The third-order valence-electron chi connectivity index (χ3n) is 4.34. The molecule has 0 fully saturated rings. The molecule has 12 heteroatoms. The first-order chi connectivity index (χ1) is 15.8. The van der Waals surface area contributed by atoms with Crippen molar-refractivity contribution in [3.05, 3.63) is 77.7 Å². The maximum atomic E-state index is 13.0. The Labute approximate surface area is 195 Å². The predicted octanol–water partition coefficient (Wildman–Crippen LogP) is 5.13. The maximum Gasteiger partial charge on any atom is 0.416 e. The molecule has 0 atom stereocenters. The number of benzene rings is 2. The Morgan fingerprint density at radius 1 is 1.09 bits per heavy atom. The lowest BCUT2D eigenvalue weighted by atomic mass is 10.2. The maximum absolute atomic E-state index is 13.0. The number of thioether (sulfide) groups is 1. The minimum Gasteiger partial charge on any atom is -0.324 e. The fourth-order valence-electron chi connectivity index (χ4n) is 2.87. The van der Waals surface area contributed by atoms with Crippen LogP contribution in [0.1, 0.15) is 5.56 Å². The molecule has 0 saturated carbocycles. The molecule has 4 rings (SSSR count). The van der Waals surface area contributed by atoms with E-state index in [1.807, 2.05) is 30.3 Å². The summed E-state index contributed by atoms with van der Waals surface area (Å²) in [4.78, 5) is 20.8. The molecule has 1 amide bonds. The number of carbonyl (C=O) groups excluding carboxylic acids is 1. The van der Waals surface area contributed by atoms with Crippen LogP contribution < -0.4 is 5.32 Å². The monoisotopic (exact) mass is 490 g/mol. The Hall–Kier alpha value is -3.44. The molecule has 0 saturated heterocycles. The molecule has 0 unspecified atom stereocenters. The lowest BCUT2D eigenvalue weighted by molar-refractivity contribution is -0.137. The fourth-order valence-corrected chi connectivity index (χ4v) is 3.78. The highest BCUT2D eigenvalue weighted by atomic mass is 35.5. The fraction of sp³-hybridized carbons (Fsp3) is 0.0952. The van der Waals surface area contributed by atoms with Gasteiger partial charge in [-0.05, 0) is 30.3 Å². The van der Waals surface area contributed by atoms with Crippen LogP contribution in [0.3, 0.4) is 0 Å².